The van der Waals surface area contributed by atoms with Gasteiger partial charge in [0.15, 0.2) is 0 Å². The third kappa shape index (κ3) is 2.27. The van der Waals surface area contributed by atoms with Crippen molar-refractivity contribution in [3.05, 3.63) is 65.2 Å². The monoisotopic (exact) mass is 333 g/mol. The largest absolute Gasteiger partial charge is 0.478 e. The Morgan fingerprint density at radius 2 is 1.79 bits per heavy atom. The predicted octanol–water partition coefficient (Wildman–Crippen LogP) is 5.43. The van der Waals surface area contributed by atoms with Crippen molar-refractivity contribution in [1.82, 2.24) is 4.98 Å². The summed E-state index contributed by atoms with van der Waals surface area (Å²) >= 11 is 1.63. The number of benzene rings is 2. The van der Waals surface area contributed by atoms with E-state index in [0.717, 1.165) is 38.0 Å². The summed E-state index contributed by atoms with van der Waals surface area (Å²) in [6.07, 6.45) is 0. The Kier molecular flexibility index (Phi) is 3.36. The molecule has 0 fully saturated rings. The first-order valence-corrected chi connectivity index (χ1v) is 8.49. The van der Waals surface area contributed by atoms with Gasteiger partial charge >= 0.3 is 5.97 Å². The lowest BCUT2D eigenvalue weighted by Crippen LogP contribution is -2.02. The molecule has 24 heavy (non-hydrogen) atoms. The van der Waals surface area contributed by atoms with Crippen LogP contribution in [0.25, 0.3) is 31.6 Å². The summed E-state index contributed by atoms with van der Waals surface area (Å²) in [5, 5.41) is 11.6. The number of thiophene rings is 1. The number of pyridine rings is 1. The molecular formula is C20H15NO2S. The number of hydrogen-bond donors (Lipinski definition) is 1. The number of carboxylic acids is 1. The molecule has 2 aromatic heterocycles. The van der Waals surface area contributed by atoms with Gasteiger partial charge in [-0.25, -0.2) is 9.78 Å². The van der Waals surface area contributed by atoms with Crippen molar-refractivity contribution in [1.29, 1.82) is 0 Å². The van der Waals surface area contributed by atoms with Crippen LogP contribution in [0.3, 0.4) is 0 Å². The van der Waals surface area contributed by atoms with Gasteiger partial charge in [-0.1, -0.05) is 30.3 Å². The molecule has 1 N–H and O–H groups in total. The van der Waals surface area contributed by atoms with Gasteiger partial charge in [0.25, 0.3) is 0 Å². The van der Waals surface area contributed by atoms with Gasteiger partial charge in [-0.05, 0) is 48.6 Å². The average molecular weight is 333 g/mol. The molecule has 0 aliphatic heterocycles. The Hall–Kier alpha value is -2.72. The Balaban J connectivity index is 2.06. The zero-order chi connectivity index (χ0) is 16.8. The van der Waals surface area contributed by atoms with Gasteiger partial charge in [-0.2, -0.15) is 0 Å². The molecule has 0 radical (unpaired) electrons. The molecule has 0 aliphatic carbocycles. The smallest absolute Gasteiger partial charge is 0.336 e. The lowest BCUT2D eigenvalue weighted by Gasteiger charge is -2.10. The molecule has 0 spiro atoms. The Morgan fingerprint density at radius 3 is 2.54 bits per heavy atom. The van der Waals surface area contributed by atoms with E-state index in [4.69, 9.17) is 4.98 Å². The highest BCUT2D eigenvalue weighted by molar-refractivity contribution is 7.22. The van der Waals surface area contributed by atoms with Crippen LogP contribution >= 0.6 is 11.3 Å². The Labute approximate surface area is 143 Å². The summed E-state index contributed by atoms with van der Waals surface area (Å²) in [6, 6.07) is 15.8. The molecule has 4 aromatic rings. The quantitative estimate of drug-likeness (QED) is 0.532. The molecule has 2 aromatic carbocycles. The number of nitrogens with zero attached hydrogens (tertiary/aromatic N) is 1. The zero-order valence-corrected chi connectivity index (χ0v) is 14.1. The maximum absolute atomic E-state index is 11.8. The van der Waals surface area contributed by atoms with Crippen LogP contribution in [0.1, 0.15) is 21.5 Å². The minimum atomic E-state index is -0.918. The molecule has 0 saturated carbocycles. The molecule has 0 saturated heterocycles. The predicted molar refractivity (Wildman–Crippen MR) is 99.0 cm³/mol. The van der Waals surface area contributed by atoms with E-state index in [9.17, 15) is 9.90 Å². The lowest BCUT2D eigenvalue weighted by atomic mass is 9.99. The van der Waals surface area contributed by atoms with Crippen molar-refractivity contribution >= 4 is 38.3 Å². The summed E-state index contributed by atoms with van der Waals surface area (Å²) in [6.45, 7) is 3.89. The Morgan fingerprint density at radius 1 is 1.04 bits per heavy atom. The number of hydrogen-bond acceptors (Lipinski definition) is 3. The van der Waals surface area contributed by atoms with E-state index < -0.39 is 5.97 Å². The Bertz CT molecular complexity index is 1080. The van der Waals surface area contributed by atoms with Gasteiger partial charge in [-0.3, -0.25) is 0 Å². The molecule has 0 atom stereocenters. The van der Waals surface area contributed by atoms with Gasteiger partial charge in [0.1, 0.15) is 0 Å². The highest BCUT2D eigenvalue weighted by atomic mass is 32.1. The van der Waals surface area contributed by atoms with Crippen molar-refractivity contribution in [2.45, 2.75) is 13.8 Å². The molecule has 4 heteroatoms. The molecule has 2 heterocycles. The highest BCUT2D eigenvalue weighted by Gasteiger charge is 2.17. The fraction of sp³-hybridized carbons (Fsp3) is 0.100. The summed E-state index contributed by atoms with van der Waals surface area (Å²) in [4.78, 5) is 17.6. The lowest BCUT2D eigenvalue weighted by molar-refractivity contribution is 0.0699. The molecule has 0 bridgehead atoms. The minimum absolute atomic E-state index is 0.314. The first kappa shape index (κ1) is 14.8. The number of rotatable bonds is 2. The highest BCUT2D eigenvalue weighted by Crippen LogP contribution is 2.35. The van der Waals surface area contributed by atoms with Gasteiger partial charge in [0.05, 0.1) is 21.7 Å². The number of aromatic nitrogens is 1. The molecule has 0 unspecified atom stereocenters. The fourth-order valence-corrected chi connectivity index (χ4v) is 4.07. The second kappa shape index (κ2) is 5.42. The SMILES string of the molecule is Cc1ccc(C)c2c(C(=O)O)cc(-c3cc4ccccc4s3)nc12. The maximum Gasteiger partial charge on any atom is 0.336 e. The van der Waals surface area contributed by atoms with Crippen LogP contribution in [-0.4, -0.2) is 16.1 Å². The van der Waals surface area contributed by atoms with Gasteiger partial charge in [0, 0.05) is 10.1 Å². The van der Waals surface area contributed by atoms with Crippen molar-refractivity contribution < 1.29 is 9.90 Å². The summed E-state index contributed by atoms with van der Waals surface area (Å²) in [7, 11) is 0. The zero-order valence-electron chi connectivity index (χ0n) is 13.3. The van der Waals surface area contributed by atoms with E-state index in [1.54, 1.807) is 17.4 Å². The minimum Gasteiger partial charge on any atom is -0.478 e. The number of carbonyl (C=O) groups is 1. The van der Waals surface area contributed by atoms with E-state index >= 15 is 0 Å². The van der Waals surface area contributed by atoms with Crippen LogP contribution < -0.4 is 0 Å². The molecule has 4 rings (SSSR count). The first-order chi connectivity index (χ1) is 11.5. The van der Waals surface area contributed by atoms with Crippen LogP contribution in [0.4, 0.5) is 0 Å². The average Bonchev–Trinajstić information content (AvgIpc) is 3.01. The second-order valence-electron chi connectivity index (χ2n) is 5.93. The van der Waals surface area contributed by atoms with E-state index in [1.807, 2.05) is 38.1 Å². The molecular weight excluding hydrogens is 318 g/mol. The third-order valence-electron chi connectivity index (χ3n) is 4.28. The van der Waals surface area contributed by atoms with Gasteiger partial charge < -0.3 is 5.11 Å². The van der Waals surface area contributed by atoms with Gasteiger partial charge in [-0.15, -0.1) is 11.3 Å². The van der Waals surface area contributed by atoms with Gasteiger partial charge in [0.2, 0.25) is 0 Å². The summed E-state index contributed by atoms with van der Waals surface area (Å²) in [5.74, 6) is -0.918. The van der Waals surface area contributed by atoms with E-state index in [1.165, 1.54) is 4.70 Å². The second-order valence-corrected chi connectivity index (χ2v) is 7.02. The van der Waals surface area contributed by atoms with E-state index in [-0.39, 0.29) is 0 Å². The first-order valence-electron chi connectivity index (χ1n) is 7.68. The molecule has 0 aliphatic rings. The van der Waals surface area contributed by atoms with Crippen molar-refractivity contribution in [3.63, 3.8) is 0 Å². The van der Waals surface area contributed by atoms with Crippen LogP contribution in [0.5, 0.6) is 0 Å². The van der Waals surface area contributed by atoms with Crippen LogP contribution in [0.15, 0.2) is 48.5 Å². The van der Waals surface area contributed by atoms with E-state index in [2.05, 4.69) is 18.2 Å². The van der Waals surface area contributed by atoms with Crippen molar-refractivity contribution in [3.8, 4) is 10.6 Å². The standard InChI is InChI=1S/C20H15NO2S/c1-11-7-8-12(2)19-18(11)14(20(22)23)10-15(21-19)17-9-13-5-3-4-6-16(13)24-17/h3-10H,1-2H3,(H,22,23). The van der Waals surface area contributed by atoms with Crippen LogP contribution in [0.2, 0.25) is 0 Å². The number of aromatic carboxylic acids is 1. The summed E-state index contributed by atoms with van der Waals surface area (Å²) < 4.78 is 1.17. The van der Waals surface area contributed by atoms with Crippen LogP contribution in [0, 0.1) is 13.8 Å². The normalized spacial score (nSPS) is 11.2. The number of carboxylic acid groups (broad SMARTS) is 1. The molecule has 3 nitrogen and oxygen atoms in total. The molecule has 0 amide bonds. The fourth-order valence-electron chi connectivity index (χ4n) is 3.04. The number of fused-ring (bicyclic) bond motifs is 2. The van der Waals surface area contributed by atoms with Crippen molar-refractivity contribution in [2.75, 3.05) is 0 Å². The van der Waals surface area contributed by atoms with Crippen molar-refractivity contribution in [2.24, 2.45) is 0 Å². The maximum atomic E-state index is 11.8. The number of aryl methyl sites for hydroxylation is 2. The van der Waals surface area contributed by atoms with Crippen LogP contribution in [-0.2, 0) is 0 Å². The third-order valence-corrected chi connectivity index (χ3v) is 5.42. The van der Waals surface area contributed by atoms with E-state index in [0.29, 0.717) is 5.56 Å². The topological polar surface area (TPSA) is 50.2 Å². The molecule has 118 valence electrons. The summed E-state index contributed by atoms with van der Waals surface area (Å²) in [5.41, 5.74) is 3.72.